The van der Waals surface area contributed by atoms with Gasteiger partial charge in [0.15, 0.2) is 0 Å². The molecule has 21 heavy (non-hydrogen) atoms. The maximum atomic E-state index is 10.9. The van der Waals surface area contributed by atoms with Gasteiger partial charge in [-0.15, -0.1) is 17.7 Å². The third-order valence-corrected chi connectivity index (χ3v) is 3.00. The molecule has 0 aliphatic heterocycles. The Morgan fingerprint density at radius 1 is 0.952 bits per heavy atom. The van der Waals surface area contributed by atoms with Gasteiger partial charge in [-0.2, -0.15) is 18.7 Å². The number of hydrogen-bond acceptors (Lipinski definition) is 1. The number of carbonyl (C=O) groups is 1. The number of carbonyl (C=O) groups excluding carboxylic acids is 1. The summed E-state index contributed by atoms with van der Waals surface area (Å²) in [6.45, 7) is 3.76. The van der Waals surface area contributed by atoms with Crippen molar-refractivity contribution in [2.24, 2.45) is 0 Å². The van der Waals surface area contributed by atoms with Gasteiger partial charge in [0.1, 0.15) is 6.29 Å². The first-order valence-electron chi connectivity index (χ1n) is 6.46. The van der Waals surface area contributed by atoms with Crippen LogP contribution >= 0.6 is 0 Å². The molecule has 0 N–H and O–H groups in total. The minimum absolute atomic E-state index is 0. The Hall–Kier alpha value is -2.15. The van der Waals surface area contributed by atoms with Gasteiger partial charge >= 0.3 is 0 Å². The zero-order valence-electron chi connectivity index (χ0n) is 11.6. The van der Waals surface area contributed by atoms with Crippen LogP contribution in [0.2, 0.25) is 0 Å². The van der Waals surface area contributed by atoms with Crippen LogP contribution in [0.4, 0.5) is 0 Å². The van der Waals surface area contributed by atoms with Crippen molar-refractivity contribution in [3.63, 3.8) is 0 Å². The van der Waals surface area contributed by atoms with Crippen molar-refractivity contribution in [3.05, 3.63) is 90.5 Å². The van der Waals surface area contributed by atoms with Crippen LogP contribution in [-0.4, -0.2) is 6.29 Å². The molecule has 3 aromatic carbocycles. The summed E-state index contributed by atoms with van der Waals surface area (Å²) in [6, 6.07) is 23.5. The van der Waals surface area contributed by atoms with Gasteiger partial charge in [0, 0.05) is 17.1 Å². The van der Waals surface area contributed by atoms with Crippen LogP contribution < -0.4 is 0 Å². The van der Waals surface area contributed by atoms with Gasteiger partial charge in [0.2, 0.25) is 0 Å². The monoisotopic (exact) mass is 316 g/mol. The van der Waals surface area contributed by atoms with Crippen LogP contribution in [-0.2, 0) is 17.1 Å². The molecule has 2 heteroatoms. The summed E-state index contributed by atoms with van der Waals surface area (Å²) >= 11 is 0. The first-order valence-corrected chi connectivity index (χ1v) is 6.46. The van der Waals surface area contributed by atoms with Gasteiger partial charge in [-0.1, -0.05) is 35.4 Å². The molecule has 3 aromatic rings. The molecule has 0 radical (unpaired) electrons. The second-order valence-electron chi connectivity index (χ2n) is 4.27. The quantitative estimate of drug-likeness (QED) is 0.380. The Bertz CT molecular complexity index is 645. The number of hydrogen-bond donors (Lipinski definition) is 0. The molecular formula is C19H16FeO-6. The Kier molecular flexibility index (Phi) is 7.17. The molecule has 0 amide bonds. The summed E-state index contributed by atoms with van der Waals surface area (Å²) in [4.78, 5) is 10.9. The van der Waals surface area contributed by atoms with Crippen LogP contribution in [0.5, 0.6) is 0 Å². The molecule has 0 heterocycles. The normalized spacial score (nSPS) is 8.95. The Labute approximate surface area is 136 Å². The van der Waals surface area contributed by atoms with Crippen LogP contribution in [0.3, 0.4) is 0 Å². The van der Waals surface area contributed by atoms with Crippen LogP contribution in [0.1, 0.15) is 15.9 Å². The predicted molar refractivity (Wildman–Crippen MR) is 85.0 cm³/mol. The van der Waals surface area contributed by atoms with Crippen molar-refractivity contribution in [3.8, 4) is 11.1 Å². The molecule has 112 valence electrons. The van der Waals surface area contributed by atoms with E-state index in [1.165, 1.54) is 0 Å². The van der Waals surface area contributed by atoms with E-state index < -0.39 is 0 Å². The molecule has 0 aromatic heterocycles. The summed E-state index contributed by atoms with van der Waals surface area (Å²) < 4.78 is 0. The van der Waals surface area contributed by atoms with Crippen LogP contribution in [0.15, 0.2) is 79.4 Å². The topological polar surface area (TPSA) is 17.1 Å². The summed E-state index contributed by atoms with van der Waals surface area (Å²) in [5, 5.41) is 0. The summed E-state index contributed by atoms with van der Waals surface area (Å²) in [5.74, 6) is 0. The zero-order chi connectivity index (χ0) is 14.2. The smallest absolute Gasteiger partial charge is 0.143 e. The van der Waals surface area contributed by atoms with E-state index in [2.05, 4.69) is 6.58 Å². The maximum Gasteiger partial charge on any atom is 0.143 e. The van der Waals surface area contributed by atoms with E-state index in [0.29, 0.717) is 5.56 Å². The number of aldehydes is 1. The fraction of sp³-hybridized carbons (Fsp3) is 0. The van der Waals surface area contributed by atoms with Crippen molar-refractivity contribution >= 4 is 12.4 Å². The third kappa shape index (κ3) is 4.42. The number of benzene rings is 1. The van der Waals surface area contributed by atoms with Gasteiger partial charge in [0.25, 0.3) is 0 Å². The molecule has 0 spiro atoms. The molecule has 0 saturated carbocycles. The molecule has 0 aliphatic carbocycles. The van der Waals surface area contributed by atoms with E-state index in [1.807, 2.05) is 72.8 Å². The van der Waals surface area contributed by atoms with Gasteiger partial charge in [0.05, 0.1) is 0 Å². The van der Waals surface area contributed by atoms with Crippen molar-refractivity contribution in [1.82, 2.24) is 0 Å². The zero-order valence-corrected chi connectivity index (χ0v) is 12.7. The fourth-order valence-electron chi connectivity index (χ4n) is 2.02. The van der Waals surface area contributed by atoms with Crippen molar-refractivity contribution in [2.75, 3.05) is 0 Å². The molecule has 0 fully saturated rings. The first-order chi connectivity index (χ1) is 9.86. The Balaban J connectivity index is 0.000000313. The minimum atomic E-state index is 0. The molecule has 3 rings (SSSR count). The largest absolute Gasteiger partial charge is 0.748 e. The second-order valence-corrected chi connectivity index (χ2v) is 4.27. The number of rotatable bonds is 3. The maximum absolute atomic E-state index is 10.9. The second kappa shape index (κ2) is 8.91. The average molecular weight is 316 g/mol. The molecule has 0 bridgehead atoms. The molecule has 0 unspecified atom stereocenters. The summed E-state index contributed by atoms with van der Waals surface area (Å²) in [7, 11) is 0. The first kappa shape index (κ1) is 16.9. The van der Waals surface area contributed by atoms with Gasteiger partial charge < -0.3 is 30.3 Å². The SMILES string of the molecule is C=C[c-]1cccc1-c1ccccc1C=O.[Fe].[cH-]1[cH-][cH-][cH-][cH-]1. The predicted octanol–water partition coefficient (Wildman–Crippen LogP) is 4.93. The molecule has 0 aliphatic rings. The van der Waals surface area contributed by atoms with Gasteiger partial charge in [-0.05, 0) is 5.56 Å². The van der Waals surface area contributed by atoms with Crippen molar-refractivity contribution in [2.45, 2.75) is 0 Å². The van der Waals surface area contributed by atoms with E-state index >= 15 is 0 Å². The minimum Gasteiger partial charge on any atom is -0.748 e. The molecule has 1 nitrogen and oxygen atoms in total. The fourth-order valence-corrected chi connectivity index (χ4v) is 2.02. The van der Waals surface area contributed by atoms with Crippen molar-refractivity contribution in [1.29, 1.82) is 0 Å². The Morgan fingerprint density at radius 2 is 1.57 bits per heavy atom. The molecule has 0 atom stereocenters. The van der Waals surface area contributed by atoms with E-state index in [1.54, 1.807) is 6.08 Å². The molecule has 0 saturated heterocycles. The summed E-state index contributed by atoms with van der Waals surface area (Å²) in [5.41, 5.74) is 3.80. The average Bonchev–Trinajstić information content (AvgIpc) is 3.20. The van der Waals surface area contributed by atoms with Crippen LogP contribution in [0.25, 0.3) is 17.2 Å². The summed E-state index contributed by atoms with van der Waals surface area (Å²) in [6.07, 6.45) is 2.69. The van der Waals surface area contributed by atoms with Gasteiger partial charge in [-0.25, -0.2) is 0 Å². The Morgan fingerprint density at radius 3 is 2.14 bits per heavy atom. The van der Waals surface area contributed by atoms with Crippen molar-refractivity contribution < 1.29 is 21.9 Å². The standard InChI is InChI=1S/C14H11O.C5H5.Fe/c1-2-11-7-5-9-13(11)14-8-4-3-6-12(14)10-15;1-2-4-5-3-1;/h2-10H,1H2;1-5H;/q-1;-5;. The van der Waals surface area contributed by atoms with Crippen LogP contribution in [0, 0.1) is 0 Å². The van der Waals surface area contributed by atoms with E-state index in [4.69, 9.17) is 0 Å². The third-order valence-electron chi connectivity index (χ3n) is 3.00. The van der Waals surface area contributed by atoms with Gasteiger partial charge in [-0.3, -0.25) is 4.79 Å². The van der Waals surface area contributed by atoms with E-state index in [9.17, 15) is 4.79 Å². The van der Waals surface area contributed by atoms with E-state index in [0.717, 1.165) is 23.0 Å². The van der Waals surface area contributed by atoms with E-state index in [-0.39, 0.29) is 17.1 Å². The molecular weight excluding hydrogens is 300 g/mol.